The van der Waals surface area contributed by atoms with Crippen LogP contribution >= 0.6 is 0 Å². The first-order valence-electron chi connectivity index (χ1n) is 5.28. The standard InChI is InChI=1S/C8H5F11O3S/c1-2-21-23(20)22-8(19)6(15,16)4(11,12)3(9,10)5(13,14)7(8,17)18/h2H2,1H3. The Balaban J connectivity index is 3.65. The van der Waals surface area contributed by atoms with Crippen LogP contribution in [0.2, 0.25) is 0 Å². The highest BCUT2D eigenvalue weighted by molar-refractivity contribution is 7.75. The van der Waals surface area contributed by atoms with Crippen LogP contribution in [-0.2, 0) is 19.7 Å². The first kappa shape index (κ1) is 20.3. The Hall–Kier alpha value is -0.700. The van der Waals surface area contributed by atoms with Crippen molar-refractivity contribution in [1.82, 2.24) is 0 Å². The van der Waals surface area contributed by atoms with Crippen LogP contribution in [0.15, 0.2) is 0 Å². The second-order valence-electron chi connectivity index (χ2n) is 4.16. The Morgan fingerprint density at radius 3 is 1.30 bits per heavy atom. The lowest BCUT2D eigenvalue weighted by molar-refractivity contribution is -0.513. The molecule has 1 unspecified atom stereocenters. The van der Waals surface area contributed by atoms with Gasteiger partial charge in [-0.25, -0.2) is 4.18 Å². The van der Waals surface area contributed by atoms with Gasteiger partial charge in [-0.2, -0.15) is 52.5 Å². The van der Waals surface area contributed by atoms with E-state index in [4.69, 9.17) is 0 Å². The quantitative estimate of drug-likeness (QED) is 0.690. The average molecular weight is 390 g/mol. The lowest BCUT2D eigenvalue weighted by Crippen LogP contribution is -2.84. The highest BCUT2D eigenvalue weighted by Crippen LogP contribution is 2.69. The Labute approximate surface area is 122 Å². The molecule has 0 aliphatic heterocycles. The maximum absolute atomic E-state index is 13.7. The van der Waals surface area contributed by atoms with Crippen molar-refractivity contribution in [1.29, 1.82) is 0 Å². The molecule has 0 spiro atoms. The van der Waals surface area contributed by atoms with Gasteiger partial charge in [-0.05, 0) is 6.92 Å². The fourth-order valence-corrected chi connectivity index (χ4v) is 2.15. The third-order valence-electron chi connectivity index (χ3n) is 2.78. The van der Waals surface area contributed by atoms with Crippen molar-refractivity contribution in [3.63, 3.8) is 0 Å². The summed E-state index contributed by atoms with van der Waals surface area (Å²) in [6, 6.07) is 0. The van der Waals surface area contributed by atoms with Gasteiger partial charge >= 0.3 is 46.8 Å². The fourth-order valence-electron chi connectivity index (χ4n) is 1.51. The summed E-state index contributed by atoms with van der Waals surface area (Å²) in [6.45, 7) is 0.115. The van der Waals surface area contributed by atoms with E-state index in [2.05, 4.69) is 8.37 Å². The van der Waals surface area contributed by atoms with E-state index in [0.717, 1.165) is 6.92 Å². The third-order valence-corrected chi connectivity index (χ3v) is 3.58. The van der Waals surface area contributed by atoms with Crippen molar-refractivity contribution in [3.8, 4) is 0 Å². The summed E-state index contributed by atoms with van der Waals surface area (Å²) in [5.41, 5.74) is 0. The Morgan fingerprint density at radius 2 is 1.00 bits per heavy atom. The van der Waals surface area contributed by atoms with Crippen molar-refractivity contribution in [2.75, 3.05) is 6.61 Å². The zero-order valence-electron chi connectivity index (χ0n) is 10.5. The second kappa shape index (κ2) is 5.15. The first-order chi connectivity index (χ1) is 9.95. The minimum atomic E-state index is -7.35. The summed E-state index contributed by atoms with van der Waals surface area (Å²) in [6.07, 6.45) is 0. The molecule has 0 aromatic rings. The number of hydrogen-bond donors (Lipinski definition) is 0. The summed E-state index contributed by atoms with van der Waals surface area (Å²) in [5, 5.41) is 0. The molecular formula is C8H5F11O3S. The van der Waals surface area contributed by atoms with Crippen LogP contribution in [0, 0.1) is 0 Å². The Kier molecular flexibility index (Phi) is 4.55. The smallest absolute Gasteiger partial charge is 0.269 e. The van der Waals surface area contributed by atoms with Gasteiger partial charge in [-0.1, -0.05) is 0 Å². The normalized spacial score (nSPS) is 30.6. The van der Waals surface area contributed by atoms with Crippen LogP contribution in [-0.4, -0.2) is 46.3 Å². The van der Waals surface area contributed by atoms with Crippen molar-refractivity contribution in [2.24, 2.45) is 0 Å². The molecule has 1 atom stereocenters. The van der Waals surface area contributed by atoms with Gasteiger partial charge in [0.2, 0.25) is 0 Å². The molecule has 0 bridgehead atoms. The molecule has 1 fully saturated rings. The van der Waals surface area contributed by atoms with Gasteiger partial charge in [0.15, 0.2) is 0 Å². The summed E-state index contributed by atoms with van der Waals surface area (Å²) in [5.74, 6) is -43.1. The molecule has 23 heavy (non-hydrogen) atoms. The number of rotatable bonds is 4. The van der Waals surface area contributed by atoms with Gasteiger partial charge in [0.05, 0.1) is 6.61 Å². The van der Waals surface area contributed by atoms with E-state index in [0.29, 0.717) is 0 Å². The zero-order valence-corrected chi connectivity index (χ0v) is 11.3. The van der Waals surface area contributed by atoms with Gasteiger partial charge in [0.25, 0.3) is 0 Å². The summed E-state index contributed by atoms with van der Waals surface area (Å²) in [7, 11) is 0. The molecule has 1 aliphatic carbocycles. The molecule has 1 rings (SSSR count). The van der Waals surface area contributed by atoms with E-state index in [1.165, 1.54) is 0 Å². The SMILES string of the molecule is CCOS(=O)OC1(F)C(F)(F)C(F)(F)C(F)(F)C(F)(F)C1(F)F. The first-order valence-corrected chi connectivity index (χ1v) is 6.28. The molecule has 1 saturated carbocycles. The summed E-state index contributed by atoms with van der Waals surface area (Å²) < 4.78 is 161. The molecule has 0 aromatic heterocycles. The molecule has 3 nitrogen and oxygen atoms in total. The topological polar surface area (TPSA) is 35.5 Å². The molecule has 0 amide bonds. The van der Waals surface area contributed by atoms with E-state index in [1.807, 2.05) is 0 Å². The predicted octanol–water partition coefficient (Wildman–Crippen LogP) is 3.47. The lowest BCUT2D eigenvalue weighted by atomic mass is 9.79. The number of halogens is 11. The van der Waals surface area contributed by atoms with Crippen LogP contribution < -0.4 is 0 Å². The molecule has 15 heteroatoms. The van der Waals surface area contributed by atoms with Crippen molar-refractivity contribution in [3.05, 3.63) is 0 Å². The Morgan fingerprint density at radius 1 is 0.696 bits per heavy atom. The van der Waals surface area contributed by atoms with Crippen LogP contribution in [0.3, 0.4) is 0 Å². The van der Waals surface area contributed by atoms with Crippen LogP contribution in [0.1, 0.15) is 6.92 Å². The minimum absolute atomic E-state index is 0.803. The van der Waals surface area contributed by atoms with Gasteiger partial charge in [0, 0.05) is 0 Å². The van der Waals surface area contributed by atoms with Crippen molar-refractivity contribution < 1.29 is 60.9 Å². The number of alkyl halides is 11. The van der Waals surface area contributed by atoms with Crippen LogP contribution in [0.25, 0.3) is 0 Å². The van der Waals surface area contributed by atoms with E-state index in [1.54, 1.807) is 0 Å². The van der Waals surface area contributed by atoms with E-state index in [9.17, 15) is 52.5 Å². The monoisotopic (exact) mass is 390 g/mol. The predicted molar refractivity (Wildman–Crippen MR) is 49.4 cm³/mol. The van der Waals surface area contributed by atoms with Gasteiger partial charge in [-0.15, -0.1) is 0 Å². The maximum Gasteiger partial charge on any atom is 0.384 e. The highest BCUT2D eigenvalue weighted by atomic mass is 32.2. The molecule has 138 valence electrons. The van der Waals surface area contributed by atoms with E-state index < -0.39 is 53.4 Å². The van der Waals surface area contributed by atoms with Crippen molar-refractivity contribution >= 4 is 11.4 Å². The van der Waals surface area contributed by atoms with Gasteiger partial charge in [-0.3, -0.25) is 4.18 Å². The molecular weight excluding hydrogens is 385 g/mol. The number of hydrogen-bond acceptors (Lipinski definition) is 3. The Bertz CT molecular complexity index is 476. The molecule has 0 radical (unpaired) electrons. The largest absolute Gasteiger partial charge is 0.384 e. The molecule has 0 heterocycles. The second-order valence-corrected chi connectivity index (χ2v) is 4.97. The van der Waals surface area contributed by atoms with Gasteiger partial charge < -0.3 is 0 Å². The lowest BCUT2D eigenvalue weighted by Gasteiger charge is -2.51. The molecule has 0 aromatic carbocycles. The zero-order chi connectivity index (χ0) is 18.7. The maximum atomic E-state index is 13.7. The minimum Gasteiger partial charge on any atom is -0.269 e. The van der Waals surface area contributed by atoms with Crippen LogP contribution in [0.5, 0.6) is 0 Å². The molecule has 0 N–H and O–H groups in total. The third kappa shape index (κ3) is 2.11. The van der Waals surface area contributed by atoms with E-state index >= 15 is 0 Å². The van der Waals surface area contributed by atoms with E-state index in [-0.39, 0.29) is 0 Å². The fraction of sp³-hybridized carbons (Fsp3) is 1.00. The van der Waals surface area contributed by atoms with Gasteiger partial charge in [0.1, 0.15) is 0 Å². The van der Waals surface area contributed by atoms with Crippen LogP contribution in [0.4, 0.5) is 48.3 Å². The summed E-state index contributed by atoms with van der Waals surface area (Å²) in [4.78, 5) is 0. The summed E-state index contributed by atoms with van der Waals surface area (Å²) >= 11 is -3.99. The highest BCUT2D eigenvalue weighted by Gasteiger charge is 3.02. The average Bonchev–Trinajstić information content (AvgIpc) is 2.36. The van der Waals surface area contributed by atoms with Crippen molar-refractivity contribution in [2.45, 2.75) is 42.4 Å². The molecule has 1 aliphatic rings. The molecule has 0 saturated heterocycles.